The maximum absolute atomic E-state index is 12.4. The van der Waals surface area contributed by atoms with Crippen molar-refractivity contribution in [3.63, 3.8) is 0 Å². The molecule has 192 valence electrons. The lowest BCUT2D eigenvalue weighted by molar-refractivity contribution is 0.102. The molecule has 0 aliphatic carbocycles. The van der Waals surface area contributed by atoms with E-state index in [1.54, 1.807) is 19.2 Å². The first kappa shape index (κ1) is 25.9. The fraction of sp³-hybridized carbons (Fsp3) is 0.276. The van der Waals surface area contributed by atoms with Gasteiger partial charge in [0.1, 0.15) is 12.1 Å². The number of hydrogen-bond acceptors (Lipinski definition) is 7. The lowest BCUT2D eigenvalue weighted by atomic mass is 10.2. The van der Waals surface area contributed by atoms with Gasteiger partial charge in [0.15, 0.2) is 11.5 Å². The van der Waals surface area contributed by atoms with Gasteiger partial charge in [-0.05, 0) is 62.0 Å². The van der Waals surface area contributed by atoms with Crippen LogP contribution in [0.15, 0.2) is 73.1 Å². The second-order valence-electron chi connectivity index (χ2n) is 8.49. The first-order valence-corrected chi connectivity index (χ1v) is 12.5. The van der Waals surface area contributed by atoms with Gasteiger partial charge in [0, 0.05) is 34.9 Å². The van der Waals surface area contributed by atoms with Gasteiger partial charge in [0.05, 0.1) is 19.2 Å². The summed E-state index contributed by atoms with van der Waals surface area (Å²) in [6.45, 7) is 8.00. The molecule has 2 N–H and O–H groups in total. The maximum atomic E-state index is 12.4. The number of aromatic nitrogens is 2. The van der Waals surface area contributed by atoms with Crippen LogP contribution in [-0.2, 0) is 0 Å². The molecule has 0 radical (unpaired) electrons. The van der Waals surface area contributed by atoms with E-state index in [2.05, 4.69) is 39.3 Å². The number of ether oxygens (including phenoxy) is 2. The maximum Gasteiger partial charge on any atom is 0.255 e. The molecule has 1 aromatic heterocycles. The van der Waals surface area contributed by atoms with E-state index in [1.807, 2.05) is 54.6 Å². The van der Waals surface area contributed by atoms with Crippen molar-refractivity contribution in [1.82, 2.24) is 14.9 Å². The number of hydrogen-bond donors (Lipinski definition) is 2. The van der Waals surface area contributed by atoms with E-state index in [0.29, 0.717) is 35.2 Å². The van der Waals surface area contributed by atoms with E-state index < -0.39 is 0 Å². The van der Waals surface area contributed by atoms with E-state index in [0.717, 1.165) is 42.6 Å². The smallest absolute Gasteiger partial charge is 0.255 e. The molecule has 8 heteroatoms. The molecule has 0 saturated carbocycles. The Kier molecular flexibility index (Phi) is 8.89. The van der Waals surface area contributed by atoms with Crippen LogP contribution in [0.5, 0.6) is 11.5 Å². The van der Waals surface area contributed by atoms with Gasteiger partial charge in [-0.1, -0.05) is 32.0 Å². The summed E-state index contributed by atoms with van der Waals surface area (Å²) in [6.07, 6.45) is 2.46. The van der Waals surface area contributed by atoms with Crippen LogP contribution in [-0.4, -0.2) is 54.1 Å². The van der Waals surface area contributed by atoms with Crippen LogP contribution in [0, 0.1) is 0 Å². The van der Waals surface area contributed by atoms with Crippen molar-refractivity contribution < 1.29 is 14.3 Å². The molecule has 0 aliphatic rings. The van der Waals surface area contributed by atoms with Crippen LogP contribution in [0.4, 0.5) is 17.2 Å². The number of rotatable bonds is 12. The molecular formula is C29H33N5O3. The van der Waals surface area contributed by atoms with Crippen LogP contribution in [0.25, 0.3) is 10.9 Å². The first-order valence-electron chi connectivity index (χ1n) is 12.5. The zero-order valence-electron chi connectivity index (χ0n) is 21.5. The van der Waals surface area contributed by atoms with E-state index >= 15 is 0 Å². The van der Waals surface area contributed by atoms with E-state index in [4.69, 9.17) is 9.47 Å². The molecule has 8 nitrogen and oxygen atoms in total. The monoisotopic (exact) mass is 499 g/mol. The van der Waals surface area contributed by atoms with Gasteiger partial charge < -0.3 is 25.0 Å². The molecule has 0 saturated heterocycles. The summed E-state index contributed by atoms with van der Waals surface area (Å²) in [5.41, 5.74) is 2.90. The molecule has 4 aromatic rings. The van der Waals surface area contributed by atoms with Gasteiger partial charge in [0.25, 0.3) is 5.91 Å². The third kappa shape index (κ3) is 6.74. The summed E-state index contributed by atoms with van der Waals surface area (Å²) < 4.78 is 11.7. The second kappa shape index (κ2) is 12.7. The summed E-state index contributed by atoms with van der Waals surface area (Å²) in [6, 6.07) is 20.4. The number of methoxy groups -OCH3 is 1. The Bertz CT molecular complexity index is 1310. The van der Waals surface area contributed by atoms with Crippen molar-refractivity contribution in [1.29, 1.82) is 0 Å². The number of carbonyl (C=O) groups is 1. The highest BCUT2D eigenvalue weighted by Crippen LogP contribution is 2.35. The molecule has 3 aromatic carbocycles. The molecule has 0 fully saturated rings. The van der Waals surface area contributed by atoms with Gasteiger partial charge in [-0.25, -0.2) is 9.97 Å². The number of benzene rings is 3. The Hall–Kier alpha value is -4.17. The normalized spacial score (nSPS) is 10.9. The van der Waals surface area contributed by atoms with Crippen molar-refractivity contribution in [2.75, 3.05) is 44.0 Å². The molecule has 1 heterocycles. The molecule has 0 atom stereocenters. The summed E-state index contributed by atoms with van der Waals surface area (Å²) in [5.74, 6) is 1.79. The summed E-state index contributed by atoms with van der Waals surface area (Å²) in [5, 5.41) is 7.07. The minimum absolute atomic E-state index is 0.152. The van der Waals surface area contributed by atoms with Gasteiger partial charge in [0.2, 0.25) is 0 Å². The predicted molar refractivity (Wildman–Crippen MR) is 148 cm³/mol. The van der Waals surface area contributed by atoms with Crippen LogP contribution in [0.1, 0.15) is 30.6 Å². The van der Waals surface area contributed by atoms with E-state index in [9.17, 15) is 4.79 Å². The number of anilines is 3. The Morgan fingerprint density at radius 1 is 0.919 bits per heavy atom. The minimum atomic E-state index is -0.152. The molecule has 0 aliphatic heterocycles. The van der Waals surface area contributed by atoms with Crippen molar-refractivity contribution in [3.8, 4) is 11.5 Å². The van der Waals surface area contributed by atoms with E-state index in [-0.39, 0.29) is 5.91 Å². The topological polar surface area (TPSA) is 88.6 Å². The molecule has 0 bridgehead atoms. The van der Waals surface area contributed by atoms with Crippen LogP contribution < -0.4 is 20.1 Å². The number of nitrogens with zero attached hydrogens (tertiary/aromatic N) is 3. The molecule has 0 unspecified atom stereocenters. The number of nitrogens with one attached hydrogen (secondary N) is 2. The largest absolute Gasteiger partial charge is 0.493 e. The third-order valence-electron chi connectivity index (χ3n) is 6.13. The third-order valence-corrected chi connectivity index (χ3v) is 6.13. The standard InChI is InChI=1S/C29H33N5O3/c1-4-34(5-2)16-9-17-37-27-19-25-24(18-26(27)36-3)28(31-20-30-25)32-22-12-14-23(15-13-22)33-29(35)21-10-7-6-8-11-21/h6-8,10-15,18-20H,4-5,9,16-17H2,1-3H3,(H,33,35)(H,30,31,32). The SMILES string of the molecule is CCN(CC)CCCOc1cc2ncnc(Nc3ccc(NC(=O)c4ccccc4)cc3)c2cc1OC. The highest BCUT2D eigenvalue weighted by molar-refractivity contribution is 6.04. The molecule has 0 spiro atoms. The zero-order valence-corrected chi connectivity index (χ0v) is 21.5. The zero-order chi connectivity index (χ0) is 26.0. The number of fused-ring (bicyclic) bond motifs is 1. The number of amides is 1. The van der Waals surface area contributed by atoms with Gasteiger partial charge in [-0.2, -0.15) is 0 Å². The number of carbonyl (C=O) groups excluding carboxylic acids is 1. The first-order chi connectivity index (χ1) is 18.1. The highest BCUT2D eigenvalue weighted by Gasteiger charge is 2.13. The van der Waals surface area contributed by atoms with Crippen LogP contribution >= 0.6 is 0 Å². The van der Waals surface area contributed by atoms with Crippen molar-refractivity contribution >= 4 is 34.0 Å². The second-order valence-corrected chi connectivity index (χ2v) is 8.49. The average molecular weight is 500 g/mol. The summed E-state index contributed by atoms with van der Waals surface area (Å²) in [7, 11) is 1.63. The van der Waals surface area contributed by atoms with Crippen LogP contribution in [0.2, 0.25) is 0 Å². The average Bonchev–Trinajstić information content (AvgIpc) is 2.94. The minimum Gasteiger partial charge on any atom is -0.493 e. The van der Waals surface area contributed by atoms with Gasteiger partial charge in [-0.15, -0.1) is 0 Å². The fourth-order valence-corrected chi connectivity index (χ4v) is 4.01. The van der Waals surface area contributed by atoms with Crippen molar-refractivity contribution in [2.45, 2.75) is 20.3 Å². The Labute approximate surface area is 217 Å². The lowest BCUT2D eigenvalue weighted by Gasteiger charge is -2.18. The van der Waals surface area contributed by atoms with Crippen molar-refractivity contribution in [2.24, 2.45) is 0 Å². The molecular weight excluding hydrogens is 466 g/mol. The van der Waals surface area contributed by atoms with Gasteiger partial charge >= 0.3 is 0 Å². The predicted octanol–water partition coefficient (Wildman–Crippen LogP) is 5.75. The Morgan fingerprint density at radius 3 is 2.35 bits per heavy atom. The molecule has 4 rings (SSSR count). The fourth-order valence-electron chi connectivity index (χ4n) is 4.01. The van der Waals surface area contributed by atoms with Crippen molar-refractivity contribution in [3.05, 3.63) is 78.6 Å². The Morgan fingerprint density at radius 2 is 1.65 bits per heavy atom. The van der Waals surface area contributed by atoms with Crippen LogP contribution in [0.3, 0.4) is 0 Å². The van der Waals surface area contributed by atoms with Gasteiger partial charge in [-0.3, -0.25) is 4.79 Å². The summed E-state index contributed by atoms with van der Waals surface area (Å²) in [4.78, 5) is 23.6. The van der Waals surface area contributed by atoms with E-state index in [1.165, 1.54) is 6.33 Å². The molecule has 37 heavy (non-hydrogen) atoms. The summed E-state index contributed by atoms with van der Waals surface area (Å²) >= 11 is 0. The quantitative estimate of drug-likeness (QED) is 0.240. The Balaban J connectivity index is 1.45. The lowest BCUT2D eigenvalue weighted by Crippen LogP contribution is -2.25. The highest BCUT2D eigenvalue weighted by atomic mass is 16.5. The molecule has 1 amide bonds.